The Morgan fingerprint density at radius 3 is 2.59 bits per heavy atom. The molecule has 1 atom stereocenters. The molecule has 144 valence electrons. The molecule has 4 aromatic rings. The molecule has 0 aliphatic rings. The maximum absolute atomic E-state index is 13.1. The molecule has 1 amide bonds. The molecule has 0 spiro atoms. The van der Waals surface area contributed by atoms with E-state index < -0.39 is 6.04 Å². The van der Waals surface area contributed by atoms with Crippen molar-refractivity contribution in [2.75, 3.05) is 0 Å². The van der Waals surface area contributed by atoms with Crippen molar-refractivity contribution in [1.29, 1.82) is 0 Å². The van der Waals surface area contributed by atoms with Crippen LogP contribution in [0.2, 0.25) is 0 Å². The van der Waals surface area contributed by atoms with Crippen LogP contribution in [0.4, 0.5) is 4.39 Å². The smallest absolute Gasteiger partial charge is 0.253 e. The summed E-state index contributed by atoms with van der Waals surface area (Å²) in [7, 11) is 0. The molecular weight excluding hydrogens is 373 g/mol. The fourth-order valence-electron chi connectivity index (χ4n) is 2.81. The molecule has 1 aromatic carbocycles. The van der Waals surface area contributed by atoms with Crippen molar-refractivity contribution in [3.8, 4) is 17.1 Å². The van der Waals surface area contributed by atoms with Gasteiger partial charge >= 0.3 is 0 Å². The second-order valence-corrected chi connectivity index (χ2v) is 6.24. The summed E-state index contributed by atoms with van der Waals surface area (Å²) in [6.45, 7) is 1.79. The summed E-state index contributed by atoms with van der Waals surface area (Å²) in [6, 6.07) is 8.95. The number of nitrogens with zero attached hydrogens (tertiary/aromatic N) is 6. The molecule has 0 bridgehead atoms. The molecule has 3 heterocycles. The number of rotatable bonds is 5. The zero-order valence-corrected chi connectivity index (χ0v) is 15.4. The van der Waals surface area contributed by atoms with E-state index in [2.05, 4.69) is 30.4 Å². The van der Waals surface area contributed by atoms with Gasteiger partial charge < -0.3 is 5.32 Å². The number of nitrogens with one attached hydrogen (secondary N) is 1. The first-order valence-corrected chi connectivity index (χ1v) is 8.81. The maximum Gasteiger partial charge on any atom is 0.253 e. The van der Waals surface area contributed by atoms with Crippen molar-refractivity contribution in [1.82, 2.24) is 35.0 Å². The van der Waals surface area contributed by atoms with E-state index in [4.69, 9.17) is 0 Å². The lowest BCUT2D eigenvalue weighted by Crippen LogP contribution is -2.29. The number of halogens is 1. The quantitative estimate of drug-likeness (QED) is 0.564. The van der Waals surface area contributed by atoms with Gasteiger partial charge in [0.05, 0.1) is 11.6 Å². The van der Waals surface area contributed by atoms with E-state index in [0.29, 0.717) is 22.9 Å². The van der Waals surface area contributed by atoms with Crippen molar-refractivity contribution < 1.29 is 9.18 Å². The Morgan fingerprint density at radius 2 is 1.83 bits per heavy atom. The summed E-state index contributed by atoms with van der Waals surface area (Å²) in [5, 5.41) is 7.01. The van der Waals surface area contributed by atoms with Crippen LogP contribution in [0.15, 0.2) is 67.5 Å². The first kappa shape index (κ1) is 18.4. The second kappa shape index (κ2) is 7.93. The summed E-state index contributed by atoms with van der Waals surface area (Å²) < 4.78 is 14.6. The third-order valence-corrected chi connectivity index (χ3v) is 4.23. The van der Waals surface area contributed by atoms with Crippen LogP contribution in [0.3, 0.4) is 0 Å². The van der Waals surface area contributed by atoms with Crippen molar-refractivity contribution in [3.05, 3.63) is 84.7 Å². The predicted molar refractivity (Wildman–Crippen MR) is 102 cm³/mol. The first-order chi connectivity index (χ1) is 14.1. The first-order valence-electron chi connectivity index (χ1n) is 8.81. The summed E-state index contributed by atoms with van der Waals surface area (Å²) in [6.07, 6.45) is 7.68. The fourth-order valence-corrected chi connectivity index (χ4v) is 2.81. The lowest BCUT2D eigenvalue weighted by Gasteiger charge is -2.14. The van der Waals surface area contributed by atoms with E-state index in [9.17, 15) is 9.18 Å². The number of amides is 1. The van der Waals surface area contributed by atoms with Crippen LogP contribution in [0, 0.1) is 5.82 Å². The highest BCUT2D eigenvalue weighted by molar-refractivity contribution is 5.95. The minimum atomic E-state index is -0.455. The van der Waals surface area contributed by atoms with Crippen molar-refractivity contribution in [3.63, 3.8) is 0 Å². The molecule has 0 aliphatic heterocycles. The van der Waals surface area contributed by atoms with E-state index in [1.807, 2.05) is 0 Å². The molecule has 9 heteroatoms. The fraction of sp³-hybridized carbons (Fsp3) is 0.100. The van der Waals surface area contributed by atoms with Crippen LogP contribution >= 0.6 is 0 Å². The van der Waals surface area contributed by atoms with Gasteiger partial charge in [-0.15, -0.1) is 0 Å². The van der Waals surface area contributed by atoms with Gasteiger partial charge in [-0.1, -0.05) is 12.1 Å². The summed E-state index contributed by atoms with van der Waals surface area (Å²) in [5.41, 5.74) is 1.86. The monoisotopic (exact) mass is 389 g/mol. The largest absolute Gasteiger partial charge is 0.342 e. The van der Waals surface area contributed by atoms with Crippen LogP contribution in [0.5, 0.6) is 0 Å². The number of hydrogen-bond donors (Lipinski definition) is 1. The van der Waals surface area contributed by atoms with Crippen molar-refractivity contribution in [2.24, 2.45) is 0 Å². The van der Waals surface area contributed by atoms with Gasteiger partial charge in [-0.25, -0.2) is 19.3 Å². The summed E-state index contributed by atoms with van der Waals surface area (Å²) >= 11 is 0. The Morgan fingerprint density at radius 1 is 1.07 bits per heavy atom. The molecule has 0 radical (unpaired) electrons. The number of hydrogen-bond acceptors (Lipinski definition) is 6. The van der Waals surface area contributed by atoms with Gasteiger partial charge in [-0.05, 0) is 36.8 Å². The number of carbonyl (C=O) groups excluding carboxylic acids is 1. The van der Waals surface area contributed by atoms with Crippen LogP contribution in [0.1, 0.15) is 29.1 Å². The summed E-state index contributed by atoms with van der Waals surface area (Å²) in [5.74, 6) is 0.210. The molecule has 3 aromatic heterocycles. The molecule has 0 saturated carbocycles. The van der Waals surface area contributed by atoms with E-state index in [1.165, 1.54) is 29.3 Å². The Kier molecular flexibility index (Phi) is 5.02. The van der Waals surface area contributed by atoms with E-state index in [0.717, 1.165) is 5.56 Å². The lowest BCUT2D eigenvalue weighted by atomic mass is 10.1. The predicted octanol–water partition coefficient (Wildman–Crippen LogP) is 2.75. The number of pyridine rings is 1. The zero-order valence-electron chi connectivity index (χ0n) is 15.4. The molecular formula is C20H16FN7O. The second-order valence-electron chi connectivity index (χ2n) is 6.24. The van der Waals surface area contributed by atoms with Gasteiger partial charge in [-0.3, -0.25) is 9.78 Å². The van der Waals surface area contributed by atoms with Gasteiger partial charge in [0.15, 0.2) is 5.82 Å². The molecule has 0 fully saturated rings. The van der Waals surface area contributed by atoms with Crippen molar-refractivity contribution in [2.45, 2.75) is 13.0 Å². The van der Waals surface area contributed by atoms with E-state index in [1.54, 1.807) is 49.8 Å². The van der Waals surface area contributed by atoms with Crippen LogP contribution in [0.25, 0.3) is 17.1 Å². The maximum atomic E-state index is 13.1. The van der Waals surface area contributed by atoms with E-state index >= 15 is 0 Å². The highest BCUT2D eigenvalue weighted by Gasteiger charge is 2.19. The third-order valence-electron chi connectivity index (χ3n) is 4.23. The number of benzene rings is 1. The van der Waals surface area contributed by atoms with Crippen LogP contribution < -0.4 is 5.32 Å². The van der Waals surface area contributed by atoms with Crippen molar-refractivity contribution >= 4 is 5.91 Å². The molecule has 0 saturated heterocycles. The third kappa shape index (κ3) is 3.98. The minimum Gasteiger partial charge on any atom is -0.342 e. The van der Waals surface area contributed by atoms with Gasteiger partial charge in [0.2, 0.25) is 0 Å². The zero-order chi connectivity index (χ0) is 20.2. The SMILES string of the molecule is C[C@@H](NC(=O)c1cncc(-c2ccc(F)cc2)c1)c1ncnn1-c1ncccn1. The Hall–Kier alpha value is -4.01. The molecule has 4 rings (SSSR count). The van der Waals surface area contributed by atoms with Gasteiger partial charge in [0.1, 0.15) is 12.1 Å². The molecule has 8 nitrogen and oxygen atoms in total. The normalized spacial score (nSPS) is 11.8. The summed E-state index contributed by atoms with van der Waals surface area (Å²) in [4.78, 5) is 29.4. The highest BCUT2D eigenvalue weighted by Crippen LogP contribution is 2.20. The Labute approximate surface area is 165 Å². The molecule has 1 N–H and O–H groups in total. The van der Waals surface area contributed by atoms with Gasteiger partial charge in [0, 0.05) is 30.4 Å². The number of aromatic nitrogens is 6. The van der Waals surface area contributed by atoms with E-state index in [-0.39, 0.29) is 11.7 Å². The molecule has 0 aliphatic carbocycles. The average molecular weight is 389 g/mol. The molecule has 0 unspecified atom stereocenters. The average Bonchev–Trinajstić information content (AvgIpc) is 3.25. The lowest BCUT2D eigenvalue weighted by molar-refractivity contribution is 0.0937. The van der Waals surface area contributed by atoms with Crippen LogP contribution in [-0.4, -0.2) is 35.6 Å². The van der Waals surface area contributed by atoms with Gasteiger partial charge in [0.25, 0.3) is 11.9 Å². The molecule has 29 heavy (non-hydrogen) atoms. The van der Waals surface area contributed by atoms with Gasteiger partial charge in [-0.2, -0.15) is 9.78 Å². The topological polar surface area (TPSA) is 98.5 Å². The number of carbonyl (C=O) groups is 1. The highest BCUT2D eigenvalue weighted by atomic mass is 19.1. The minimum absolute atomic E-state index is 0.322. The Balaban J connectivity index is 1.54. The van der Waals surface area contributed by atoms with Crippen LogP contribution in [-0.2, 0) is 0 Å². The standard InChI is InChI=1S/C20H16FN7O/c1-13(18-25-12-26-28(18)20-23-7-2-8-24-20)27-19(29)16-9-15(10-22-11-16)14-3-5-17(21)6-4-14/h2-13H,1H3,(H,27,29)/t13-/m1/s1. The Bertz CT molecular complexity index is 1130.